The summed E-state index contributed by atoms with van der Waals surface area (Å²) in [6, 6.07) is 0. The van der Waals surface area contributed by atoms with Gasteiger partial charge in [-0.2, -0.15) is 0 Å². The molecule has 1 aliphatic rings. The second-order valence-electron chi connectivity index (χ2n) is 3.00. The van der Waals surface area contributed by atoms with Crippen molar-refractivity contribution in [3.05, 3.63) is 0 Å². The van der Waals surface area contributed by atoms with Crippen molar-refractivity contribution < 1.29 is 15.0 Å². The van der Waals surface area contributed by atoms with Crippen molar-refractivity contribution in [3.63, 3.8) is 0 Å². The quantitative estimate of drug-likeness (QED) is 0.443. The Kier molecular flexibility index (Phi) is 3.02. The Labute approximate surface area is 71.0 Å². The normalized spacial score (nSPS) is 30.6. The van der Waals surface area contributed by atoms with Crippen molar-refractivity contribution in [1.29, 1.82) is 0 Å². The number of nitrogens with zero attached hydrogens (tertiary/aromatic N) is 1. The lowest BCUT2D eigenvalue weighted by atomic mass is 10.3. The summed E-state index contributed by atoms with van der Waals surface area (Å²) in [6.45, 7) is 0.980. The SMILES string of the molecule is CNC(=O)CN1CC(O)C(O)C1. The number of carbonyl (C=O) groups is 1. The van der Waals surface area contributed by atoms with Gasteiger partial charge in [0.1, 0.15) is 0 Å². The first-order valence-corrected chi connectivity index (χ1v) is 3.92. The van der Waals surface area contributed by atoms with E-state index in [0.717, 1.165) is 0 Å². The van der Waals surface area contributed by atoms with E-state index in [4.69, 9.17) is 10.2 Å². The standard InChI is InChI=1S/C7H14N2O3/c1-8-7(12)4-9-2-5(10)6(11)3-9/h5-6,10-11H,2-4H2,1H3,(H,8,12). The van der Waals surface area contributed by atoms with Crippen LogP contribution in [0.1, 0.15) is 0 Å². The smallest absolute Gasteiger partial charge is 0.233 e. The Morgan fingerprint density at radius 1 is 1.50 bits per heavy atom. The molecule has 0 aromatic carbocycles. The van der Waals surface area contributed by atoms with Crippen LogP contribution in [-0.2, 0) is 4.79 Å². The minimum Gasteiger partial charge on any atom is -0.389 e. The molecule has 1 fully saturated rings. The first kappa shape index (κ1) is 9.44. The number of likely N-dealkylation sites (tertiary alicyclic amines) is 1. The fraction of sp³-hybridized carbons (Fsp3) is 0.857. The van der Waals surface area contributed by atoms with Crippen molar-refractivity contribution in [2.45, 2.75) is 12.2 Å². The van der Waals surface area contributed by atoms with E-state index >= 15 is 0 Å². The summed E-state index contributed by atoms with van der Waals surface area (Å²) in [4.78, 5) is 12.6. The summed E-state index contributed by atoms with van der Waals surface area (Å²) in [7, 11) is 1.56. The van der Waals surface area contributed by atoms with Gasteiger partial charge in [0.15, 0.2) is 0 Å². The minimum atomic E-state index is -0.713. The molecule has 0 aliphatic carbocycles. The summed E-state index contributed by atoms with van der Waals surface area (Å²) in [5.41, 5.74) is 0. The van der Waals surface area contributed by atoms with Gasteiger partial charge in [0, 0.05) is 20.1 Å². The molecular formula is C7H14N2O3. The molecule has 1 heterocycles. The number of hydrogen-bond donors (Lipinski definition) is 3. The number of aliphatic hydroxyl groups excluding tert-OH is 2. The highest BCUT2D eigenvalue weighted by molar-refractivity contribution is 5.77. The van der Waals surface area contributed by atoms with Gasteiger partial charge in [-0.3, -0.25) is 9.69 Å². The first-order chi connectivity index (χ1) is 5.63. The molecule has 0 bridgehead atoms. The van der Waals surface area contributed by atoms with E-state index in [1.54, 1.807) is 11.9 Å². The number of rotatable bonds is 2. The van der Waals surface area contributed by atoms with Crippen molar-refractivity contribution in [1.82, 2.24) is 10.2 Å². The largest absolute Gasteiger partial charge is 0.389 e. The van der Waals surface area contributed by atoms with E-state index in [9.17, 15) is 4.79 Å². The van der Waals surface area contributed by atoms with E-state index in [-0.39, 0.29) is 12.5 Å². The van der Waals surface area contributed by atoms with Crippen LogP contribution < -0.4 is 5.32 Å². The van der Waals surface area contributed by atoms with E-state index in [0.29, 0.717) is 13.1 Å². The summed E-state index contributed by atoms with van der Waals surface area (Å²) in [5.74, 6) is -0.101. The van der Waals surface area contributed by atoms with Gasteiger partial charge >= 0.3 is 0 Å². The van der Waals surface area contributed by atoms with Gasteiger partial charge in [0.05, 0.1) is 18.8 Å². The van der Waals surface area contributed by atoms with E-state index in [1.807, 2.05) is 0 Å². The molecule has 3 N–H and O–H groups in total. The first-order valence-electron chi connectivity index (χ1n) is 3.92. The maximum absolute atomic E-state index is 10.9. The lowest BCUT2D eigenvalue weighted by molar-refractivity contribution is -0.121. The van der Waals surface area contributed by atoms with Crippen LogP contribution in [-0.4, -0.2) is 59.9 Å². The van der Waals surface area contributed by atoms with Crippen LogP contribution in [0.15, 0.2) is 0 Å². The predicted octanol–water partition coefficient (Wildman–Crippen LogP) is -2.23. The molecular weight excluding hydrogens is 160 g/mol. The molecule has 5 nitrogen and oxygen atoms in total. The Bertz CT molecular complexity index is 164. The van der Waals surface area contributed by atoms with E-state index in [2.05, 4.69) is 5.32 Å². The molecule has 0 aromatic heterocycles. The highest BCUT2D eigenvalue weighted by atomic mass is 16.3. The maximum atomic E-state index is 10.9. The molecule has 0 saturated carbocycles. The number of aliphatic hydroxyl groups is 2. The zero-order chi connectivity index (χ0) is 9.14. The number of likely N-dealkylation sites (N-methyl/N-ethyl adjacent to an activating group) is 1. The summed E-state index contributed by atoms with van der Waals surface area (Å²) >= 11 is 0. The third kappa shape index (κ3) is 2.17. The zero-order valence-electron chi connectivity index (χ0n) is 7.03. The summed E-state index contributed by atoms with van der Waals surface area (Å²) in [5, 5.41) is 20.7. The van der Waals surface area contributed by atoms with Crippen LogP contribution in [0.25, 0.3) is 0 Å². The topological polar surface area (TPSA) is 72.8 Å². The molecule has 2 unspecified atom stereocenters. The van der Waals surface area contributed by atoms with Crippen molar-refractivity contribution in [2.24, 2.45) is 0 Å². The monoisotopic (exact) mass is 174 g/mol. The lowest BCUT2D eigenvalue weighted by Gasteiger charge is -2.12. The van der Waals surface area contributed by atoms with Gasteiger partial charge in [0.2, 0.25) is 5.91 Å². The summed E-state index contributed by atoms with van der Waals surface area (Å²) < 4.78 is 0. The third-order valence-electron chi connectivity index (χ3n) is 1.98. The second-order valence-corrected chi connectivity index (χ2v) is 3.00. The molecule has 0 aromatic rings. The average Bonchev–Trinajstić information content (AvgIpc) is 2.31. The number of amides is 1. The number of nitrogens with one attached hydrogen (secondary N) is 1. The van der Waals surface area contributed by atoms with Crippen molar-refractivity contribution in [2.75, 3.05) is 26.7 Å². The second kappa shape index (κ2) is 3.84. The molecule has 2 atom stereocenters. The molecule has 0 radical (unpaired) electrons. The van der Waals surface area contributed by atoms with Crippen LogP contribution in [0.4, 0.5) is 0 Å². The van der Waals surface area contributed by atoms with Gasteiger partial charge in [-0.05, 0) is 0 Å². The predicted molar refractivity (Wildman–Crippen MR) is 42.5 cm³/mol. The highest BCUT2D eigenvalue weighted by Crippen LogP contribution is 2.08. The zero-order valence-corrected chi connectivity index (χ0v) is 7.03. The number of hydrogen-bond acceptors (Lipinski definition) is 4. The fourth-order valence-electron chi connectivity index (χ4n) is 1.26. The van der Waals surface area contributed by atoms with Crippen molar-refractivity contribution >= 4 is 5.91 Å². The molecule has 5 heteroatoms. The van der Waals surface area contributed by atoms with Gasteiger partial charge < -0.3 is 15.5 Å². The Balaban J connectivity index is 2.32. The van der Waals surface area contributed by atoms with E-state index in [1.165, 1.54) is 0 Å². The fourth-order valence-corrected chi connectivity index (χ4v) is 1.26. The maximum Gasteiger partial charge on any atom is 0.233 e. The third-order valence-corrected chi connectivity index (χ3v) is 1.98. The van der Waals surface area contributed by atoms with Crippen LogP contribution in [0, 0.1) is 0 Å². The Morgan fingerprint density at radius 3 is 2.42 bits per heavy atom. The van der Waals surface area contributed by atoms with Crippen LogP contribution >= 0.6 is 0 Å². The summed E-state index contributed by atoms with van der Waals surface area (Å²) in [6.07, 6.45) is -1.43. The number of β-amino-alcohol motifs (C(OH)–C–C–N with tert-alkyl or cyclic N) is 2. The van der Waals surface area contributed by atoms with Crippen LogP contribution in [0.5, 0.6) is 0 Å². The molecule has 1 saturated heterocycles. The van der Waals surface area contributed by atoms with Gasteiger partial charge in [0.25, 0.3) is 0 Å². The molecule has 1 aliphatic heterocycles. The molecule has 1 amide bonds. The molecule has 12 heavy (non-hydrogen) atoms. The average molecular weight is 174 g/mol. The minimum absolute atomic E-state index is 0.101. The Hall–Kier alpha value is -0.650. The van der Waals surface area contributed by atoms with Crippen LogP contribution in [0.3, 0.4) is 0 Å². The Morgan fingerprint density at radius 2 is 2.00 bits per heavy atom. The molecule has 1 rings (SSSR count). The van der Waals surface area contributed by atoms with E-state index < -0.39 is 12.2 Å². The van der Waals surface area contributed by atoms with Crippen molar-refractivity contribution in [3.8, 4) is 0 Å². The molecule has 0 spiro atoms. The molecule has 70 valence electrons. The van der Waals surface area contributed by atoms with Crippen LogP contribution in [0.2, 0.25) is 0 Å². The lowest BCUT2D eigenvalue weighted by Crippen LogP contribution is -2.34. The van der Waals surface area contributed by atoms with Gasteiger partial charge in [-0.15, -0.1) is 0 Å². The van der Waals surface area contributed by atoms with Gasteiger partial charge in [-0.25, -0.2) is 0 Å². The van der Waals surface area contributed by atoms with Gasteiger partial charge in [-0.1, -0.05) is 0 Å². The number of carbonyl (C=O) groups excluding carboxylic acids is 1. The highest BCUT2D eigenvalue weighted by Gasteiger charge is 2.30.